The van der Waals surface area contributed by atoms with E-state index in [4.69, 9.17) is 0 Å². The first kappa shape index (κ1) is 25.4. The Bertz CT molecular complexity index is 1260. The van der Waals surface area contributed by atoms with E-state index in [9.17, 15) is 14.4 Å². The Morgan fingerprint density at radius 2 is 1.69 bits per heavy atom. The molecule has 3 aromatic rings. The molecule has 36 heavy (non-hydrogen) atoms. The first-order valence-corrected chi connectivity index (χ1v) is 12.8. The molecular formula is C30H35N3O3. The van der Waals surface area contributed by atoms with Gasteiger partial charge in [-0.1, -0.05) is 61.0 Å². The van der Waals surface area contributed by atoms with Crippen molar-refractivity contribution in [3.8, 4) is 0 Å². The molecule has 6 heteroatoms. The minimum atomic E-state index is -0.548. The highest BCUT2D eigenvalue weighted by atomic mass is 16.2. The SMILES string of the molecule is CC[C@H](C(=O)NC(C)C)N(Cc1ccc(C)cc1)C(=O)CCCN1C(=O)c2cccc3cccc1c23. The van der Waals surface area contributed by atoms with Crippen LogP contribution in [-0.2, 0) is 16.1 Å². The van der Waals surface area contributed by atoms with Crippen molar-refractivity contribution in [2.75, 3.05) is 11.4 Å². The summed E-state index contributed by atoms with van der Waals surface area (Å²) in [6, 6.07) is 19.2. The van der Waals surface area contributed by atoms with Crippen LogP contribution in [0.5, 0.6) is 0 Å². The van der Waals surface area contributed by atoms with Gasteiger partial charge in [0.25, 0.3) is 5.91 Å². The van der Waals surface area contributed by atoms with Crippen molar-refractivity contribution in [2.24, 2.45) is 0 Å². The second kappa shape index (κ2) is 10.9. The fourth-order valence-corrected chi connectivity index (χ4v) is 4.92. The number of nitrogens with one attached hydrogen (secondary N) is 1. The molecule has 0 radical (unpaired) electrons. The lowest BCUT2D eigenvalue weighted by Crippen LogP contribution is -2.50. The summed E-state index contributed by atoms with van der Waals surface area (Å²) in [5, 5.41) is 4.99. The maximum atomic E-state index is 13.5. The van der Waals surface area contributed by atoms with Crippen LogP contribution in [0.15, 0.2) is 60.7 Å². The molecule has 0 aliphatic carbocycles. The maximum absolute atomic E-state index is 13.5. The average molecular weight is 486 g/mol. The number of anilines is 1. The van der Waals surface area contributed by atoms with E-state index >= 15 is 0 Å². The quantitative estimate of drug-likeness (QED) is 0.428. The summed E-state index contributed by atoms with van der Waals surface area (Å²) >= 11 is 0. The zero-order chi connectivity index (χ0) is 25.8. The predicted octanol–water partition coefficient (Wildman–Crippen LogP) is 5.22. The second-order valence-corrected chi connectivity index (χ2v) is 9.84. The maximum Gasteiger partial charge on any atom is 0.258 e. The molecule has 1 atom stereocenters. The first-order valence-electron chi connectivity index (χ1n) is 12.8. The topological polar surface area (TPSA) is 69.7 Å². The van der Waals surface area contributed by atoms with Gasteiger partial charge >= 0.3 is 0 Å². The van der Waals surface area contributed by atoms with E-state index in [2.05, 4.69) is 5.32 Å². The molecule has 1 aliphatic heterocycles. The third kappa shape index (κ3) is 5.27. The van der Waals surface area contributed by atoms with Crippen LogP contribution in [0.2, 0.25) is 0 Å². The van der Waals surface area contributed by atoms with Crippen LogP contribution < -0.4 is 10.2 Å². The predicted molar refractivity (Wildman–Crippen MR) is 144 cm³/mol. The van der Waals surface area contributed by atoms with Gasteiger partial charge < -0.3 is 15.1 Å². The van der Waals surface area contributed by atoms with E-state index in [0.29, 0.717) is 31.5 Å². The third-order valence-electron chi connectivity index (χ3n) is 6.71. The molecule has 0 spiro atoms. The highest BCUT2D eigenvalue weighted by Gasteiger charge is 2.31. The molecule has 6 nitrogen and oxygen atoms in total. The van der Waals surface area contributed by atoms with Crippen LogP contribution in [0.3, 0.4) is 0 Å². The lowest BCUT2D eigenvalue weighted by atomic mass is 10.1. The van der Waals surface area contributed by atoms with Crippen LogP contribution in [0, 0.1) is 6.92 Å². The first-order chi connectivity index (χ1) is 17.3. The minimum Gasteiger partial charge on any atom is -0.352 e. The normalized spacial score (nSPS) is 13.4. The van der Waals surface area contributed by atoms with E-state index in [1.807, 2.05) is 88.4 Å². The Morgan fingerprint density at radius 3 is 2.36 bits per heavy atom. The summed E-state index contributed by atoms with van der Waals surface area (Å²) in [4.78, 5) is 43.0. The Labute approximate surface area is 213 Å². The largest absolute Gasteiger partial charge is 0.352 e. The van der Waals surface area contributed by atoms with Crippen molar-refractivity contribution in [3.63, 3.8) is 0 Å². The zero-order valence-electron chi connectivity index (χ0n) is 21.6. The van der Waals surface area contributed by atoms with E-state index in [-0.39, 0.29) is 30.2 Å². The van der Waals surface area contributed by atoms with Gasteiger partial charge in [-0.15, -0.1) is 0 Å². The highest BCUT2D eigenvalue weighted by molar-refractivity contribution is 6.25. The molecule has 0 saturated carbocycles. The number of rotatable bonds is 10. The molecule has 0 aromatic heterocycles. The smallest absolute Gasteiger partial charge is 0.258 e. The molecule has 0 fully saturated rings. The number of hydrogen-bond acceptors (Lipinski definition) is 3. The van der Waals surface area contributed by atoms with E-state index in [1.54, 1.807) is 9.80 Å². The lowest BCUT2D eigenvalue weighted by Gasteiger charge is -2.31. The van der Waals surface area contributed by atoms with Crippen molar-refractivity contribution in [1.29, 1.82) is 0 Å². The number of aryl methyl sites for hydroxylation is 1. The molecule has 0 saturated heterocycles. The molecule has 1 aliphatic rings. The molecule has 0 bridgehead atoms. The summed E-state index contributed by atoms with van der Waals surface area (Å²) in [7, 11) is 0. The van der Waals surface area contributed by atoms with E-state index in [0.717, 1.165) is 27.6 Å². The summed E-state index contributed by atoms with van der Waals surface area (Å²) in [6.45, 7) is 8.61. The summed E-state index contributed by atoms with van der Waals surface area (Å²) in [5.41, 5.74) is 3.75. The molecule has 1 N–H and O–H groups in total. The number of carbonyl (C=O) groups excluding carboxylic acids is 3. The van der Waals surface area contributed by atoms with E-state index in [1.165, 1.54) is 0 Å². The van der Waals surface area contributed by atoms with Gasteiger partial charge in [0.15, 0.2) is 0 Å². The number of carbonyl (C=O) groups is 3. The van der Waals surface area contributed by atoms with Gasteiger partial charge in [-0.3, -0.25) is 14.4 Å². The van der Waals surface area contributed by atoms with Crippen LogP contribution >= 0.6 is 0 Å². The van der Waals surface area contributed by atoms with Crippen LogP contribution in [0.1, 0.15) is 61.5 Å². The molecule has 188 valence electrons. The second-order valence-electron chi connectivity index (χ2n) is 9.84. The summed E-state index contributed by atoms with van der Waals surface area (Å²) in [5.74, 6) is -0.234. The fourth-order valence-electron chi connectivity index (χ4n) is 4.92. The Hall–Kier alpha value is -3.67. The highest BCUT2D eigenvalue weighted by Crippen LogP contribution is 2.37. The number of amides is 3. The van der Waals surface area contributed by atoms with Crippen molar-refractivity contribution >= 4 is 34.2 Å². The minimum absolute atomic E-state index is 0.00611. The summed E-state index contributed by atoms with van der Waals surface area (Å²) < 4.78 is 0. The van der Waals surface area contributed by atoms with Gasteiger partial charge in [0.05, 0.1) is 5.69 Å². The van der Waals surface area contributed by atoms with Gasteiger partial charge in [0, 0.05) is 36.5 Å². The lowest BCUT2D eigenvalue weighted by molar-refractivity contribution is -0.141. The molecule has 0 unspecified atom stereocenters. The summed E-state index contributed by atoms with van der Waals surface area (Å²) in [6.07, 6.45) is 1.30. The molecular weight excluding hydrogens is 450 g/mol. The standard InChI is InChI=1S/C30H35N3O3/c1-5-25(29(35)31-20(2)3)33(19-22-16-14-21(4)15-17-22)27(34)13-8-18-32-26-12-7-10-23-9-6-11-24(28(23)26)30(32)36/h6-7,9-12,14-17,20,25H,5,8,13,18-19H2,1-4H3,(H,31,35)/t25-/m1/s1. The monoisotopic (exact) mass is 485 g/mol. The van der Waals surface area contributed by atoms with Crippen molar-refractivity contribution < 1.29 is 14.4 Å². The third-order valence-corrected chi connectivity index (χ3v) is 6.71. The average Bonchev–Trinajstić information content (AvgIpc) is 3.12. The van der Waals surface area contributed by atoms with Crippen molar-refractivity contribution in [3.05, 3.63) is 77.4 Å². The zero-order valence-corrected chi connectivity index (χ0v) is 21.6. The van der Waals surface area contributed by atoms with Crippen LogP contribution in [0.4, 0.5) is 5.69 Å². The molecule has 3 aromatic carbocycles. The van der Waals surface area contributed by atoms with Gasteiger partial charge in [-0.05, 0) is 56.7 Å². The van der Waals surface area contributed by atoms with Crippen LogP contribution in [0.25, 0.3) is 10.8 Å². The van der Waals surface area contributed by atoms with Gasteiger partial charge in [0.1, 0.15) is 6.04 Å². The van der Waals surface area contributed by atoms with Gasteiger partial charge in [-0.2, -0.15) is 0 Å². The van der Waals surface area contributed by atoms with Gasteiger partial charge in [-0.25, -0.2) is 0 Å². The van der Waals surface area contributed by atoms with Crippen molar-refractivity contribution in [2.45, 2.75) is 65.6 Å². The van der Waals surface area contributed by atoms with E-state index < -0.39 is 6.04 Å². The Morgan fingerprint density at radius 1 is 1.00 bits per heavy atom. The number of benzene rings is 3. The van der Waals surface area contributed by atoms with Gasteiger partial charge in [0.2, 0.25) is 11.8 Å². The molecule has 4 rings (SSSR count). The number of nitrogens with zero attached hydrogens (tertiary/aromatic N) is 2. The molecule has 1 heterocycles. The Balaban J connectivity index is 1.48. The van der Waals surface area contributed by atoms with Crippen LogP contribution in [-0.4, -0.2) is 41.2 Å². The fraction of sp³-hybridized carbons (Fsp3) is 0.367. The van der Waals surface area contributed by atoms with Crippen molar-refractivity contribution in [1.82, 2.24) is 10.2 Å². The molecule has 3 amide bonds. The number of hydrogen-bond donors (Lipinski definition) is 1. The Kier molecular flexibility index (Phi) is 7.73.